The first kappa shape index (κ1) is 24.3. The minimum absolute atomic E-state index is 0.0667. The van der Waals surface area contributed by atoms with E-state index in [4.69, 9.17) is 5.73 Å². The summed E-state index contributed by atoms with van der Waals surface area (Å²) in [4.78, 5) is 46.3. The number of nitrogens with one attached hydrogen (secondary N) is 1. The fraction of sp³-hybridized carbons (Fsp3) is 0.312. The molecule has 1 unspecified atom stereocenters. The van der Waals surface area contributed by atoms with Gasteiger partial charge in [0.25, 0.3) is 11.8 Å². The van der Waals surface area contributed by atoms with E-state index in [2.05, 4.69) is 29.9 Å². The summed E-state index contributed by atoms with van der Waals surface area (Å²) in [5, 5.41) is 19.7. The van der Waals surface area contributed by atoms with Crippen LogP contribution >= 0.6 is 46.4 Å². The van der Waals surface area contributed by atoms with Gasteiger partial charge in [-0.25, -0.2) is 9.78 Å². The number of carboxylic acids is 1. The van der Waals surface area contributed by atoms with E-state index in [0.717, 1.165) is 20.4 Å². The summed E-state index contributed by atoms with van der Waals surface area (Å²) in [5.41, 5.74) is 5.22. The van der Waals surface area contributed by atoms with Crippen molar-refractivity contribution in [2.45, 2.75) is 22.2 Å². The number of rotatable bonds is 9. The second-order valence-corrected chi connectivity index (χ2v) is 10.6. The number of β-lactam (4-membered cyclic amide) rings is 1. The highest BCUT2D eigenvalue weighted by atomic mass is 32.2. The van der Waals surface area contributed by atoms with Gasteiger partial charge in [0.2, 0.25) is 0 Å². The van der Waals surface area contributed by atoms with Crippen molar-refractivity contribution in [2.75, 3.05) is 17.2 Å². The van der Waals surface area contributed by atoms with Crippen LogP contribution in [0.5, 0.6) is 0 Å². The van der Waals surface area contributed by atoms with E-state index in [-0.39, 0.29) is 16.5 Å². The maximum Gasteiger partial charge on any atom is 0.407 e. The molecule has 0 aromatic carbocycles. The fourth-order valence-electron chi connectivity index (χ4n) is 3.08. The van der Waals surface area contributed by atoms with Crippen LogP contribution in [-0.2, 0) is 19.2 Å². The number of carbonyl (C=O) groups excluding carboxylic acids is 2. The summed E-state index contributed by atoms with van der Waals surface area (Å²) >= 11 is 4.74. The first-order chi connectivity index (χ1) is 16.3. The van der Waals surface area contributed by atoms with Gasteiger partial charge in [-0.05, 0) is 17.1 Å². The fourth-order valence-corrected chi connectivity index (χ4v) is 6.53. The van der Waals surface area contributed by atoms with Crippen molar-refractivity contribution in [3.8, 4) is 0 Å². The lowest BCUT2D eigenvalue weighted by Gasteiger charge is -2.49. The van der Waals surface area contributed by atoms with E-state index in [0.29, 0.717) is 17.1 Å². The number of aromatic nitrogens is 3. The molecule has 180 valence electrons. The molecule has 34 heavy (non-hydrogen) atoms. The number of amides is 2. The third kappa shape index (κ3) is 4.98. The molecule has 2 aromatic heterocycles. The molecular formula is C16H13F2N7O5S4. The number of thioether (sulfide) groups is 2. The Balaban J connectivity index is 1.50. The van der Waals surface area contributed by atoms with Crippen LogP contribution in [0.3, 0.4) is 0 Å². The SMILES string of the molecule is Nc1nc(/C(=N\OC(F)F)C(=O)NC2C(=O)N3C(C(=O)O)=C(CSc4cnns4)CS[C@H]23)cs1. The second kappa shape index (κ2) is 10.2. The highest BCUT2D eigenvalue weighted by Gasteiger charge is 2.54. The number of oxime groups is 1. The highest BCUT2D eigenvalue weighted by molar-refractivity contribution is 8.01. The molecule has 0 saturated carbocycles. The van der Waals surface area contributed by atoms with Gasteiger partial charge < -0.3 is 21.0 Å². The average Bonchev–Trinajstić information content (AvgIpc) is 3.47. The summed E-state index contributed by atoms with van der Waals surface area (Å²) in [5.74, 6) is -2.30. The molecule has 2 amide bonds. The number of nitrogens with zero attached hydrogens (tertiary/aromatic N) is 5. The quantitative estimate of drug-likeness (QED) is 0.177. The van der Waals surface area contributed by atoms with E-state index in [9.17, 15) is 28.3 Å². The molecule has 0 bridgehead atoms. The predicted molar refractivity (Wildman–Crippen MR) is 120 cm³/mol. The summed E-state index contributed by atoms with van der Waals surface area (Å²) in [6, 6.07) is -1.10. The first-order valence-electron chi connectivity index (χ1n) is 9.10. The van der Waals surface area contributed by atoms with Crippen molar-refractivity contribution in [1.29, 1.82) is 0 Å². The Labute approximate surface area is 205 Å². The van der Waals surface area contributed by atoms with Gasteiger partial charge in [0.1, 0.15) is 27.0 Å². The van der Waals surface area contributed by atoms with Crippen molar-refractivity contribution in [1.82, 2.24) is 24.8 Å². The zero-order valence-electron chi connectivity index (χ0n) is 16.6. The molecular weight excluding hydrogens is 536 g/mol. The Bertz CT molecular complexity index is 1170. The van der Waals surface area contributed by atoms with Crippen molar-refractivity contribution in [2.24, 2.45) is 5.16 Å². The molecule has 0 aliphatic carbocycles. The van der Waals surface area contributed by atoms with Crippen LogP contribution in [0.1, 0.15) is 5.69 Å². The maximum absolute atomic E-state index is 12.8. The normalized spacial score (nSPS) is 20.3. The van der Waals surface area contributed by atoms with Crippen molar-refractivity contribution >= 4 is 75.0 Å². The molecule has 2 aliphatic rings. The van der Waals surface area contributed by atoms with E-state index in [1.165, 1.54) is 40.4 Å². The van der Waals surface area contributed by atoms with Crippen LogP contribution in [0.2, 0.25) is 0 Å². The third-order valence-corrected chi connectivity index (χ3v) is 8.40. The Morgan fingerprint density at radius 2 is 2.26 bits per heavy atom. The molecule has 4 rings (SSSR count). The van der Waals surface area contributed by atoms with Gasteiger partial charge >= 0.3 is 12.6 Å². The van der Waals surface area contributed by atoms with Crippen LogP contribution in [0, 0.1) is 0 Å². The van der Waals surface area contributed by atoms with Crippen LogP contribution in [-0.4, -0.2) is 77.6 Å². The lowest BCUT2D eigenvalue weighted by atomic mass is 10.0. The van der Waals surface area contributed by atoms with E-state index >= 15 is 0 Å². The summed E-state index contributed by atoms with van der Waals surface area (Å²) < 4.78 is 29.5. The highest BCUT2D eigenvalue weighted by Crippen LogP contribution is 2.41. The molecule has 18 heteroatoms. The largest absolute Gasteiger partial charge is 0.477 e. The van der Waals surface area contributed by atoms with Gasteiger partial charge in [-0.1, -0.05) is 9.64 Å². The molecule has 2 aromatic rings. The Hall–Kier alpha value is -2.83. The number of nitrogen functional groups attached to an aromatic ring is 1. The van der Waals surface area contributed by atoms with Gasteiger partial charge in [0.15, 0.2) is 10.8 Å². The number of fused-ring (bicyclic) bond motifs is 1. The number of hydrogen-bond donors (Lipinski definition) is 3. The van der Waals surface area contributed by atoms with Crippen LogP contribution < -0.4 is 11.1 Å². The maximum atomic E-state index is 12.8. The smallest absolute Gasteiger partial charge is 0.407 e. The Morgan fingerprint density at radius 3 is 2.88 bits per heavy atom. The van der Waals surface area contributed by atoms with Gasteiger partial charge in [-0.3, -0.25) is 14.5 Å². The standard InChI is InChI=1S/C16H13F2N7O5S4/c17-15(18)30-23-8(6-4-33-16(19)21-6)11(26)22-9-12(27)25-10(14(28)29)5(3-32-13(9)25)2-31-7-1-20-24-34-7/h1,4,9,13,15H,2-3H2,(H2,19,21)(H,22,26)(H,28,29)/b23-8+/t9?,13-/m1/s1. The Kier molecular flexibility index (Phi) is 7.29. The molecule has 4 N–H and O–H groups in total. The third-order valence-electron chi connectivity index (χ3n) is 4.47. The minimum atomic E-state index is -3.28. The van der Waals surface area contributed by atoms with Gasteiger partial charge in [-0.15, -0.1) is 40.0 Å². The summed E-state index contributed by atoms with van der Waals surface area (Å²) in [6.07, 6.45) is 1.56. The van der Waals surface area contributed by atoms with Crippen LogP contribution in [0.25, 0.3) is 0 Å². The molecule has 4 heterocycles. The first-order valence-corrected chi connectivity index (χ1v) is 12.8. The van der Waals surface area contributed by atoms with E-state index in [1.54, 1.807) is 6.20 Å². The van der Waals surface area contributed by atoms with Crippen LogP contribution in [0.4, 0.5) is 13.9 Å². The number of hydrogen-bond acceptors (Lipinski definition) is 13. The van der Waals surface area contributed by atoms with E-state index in [1.807, 2.05) is 0 Å². The second-order valence-electron chi connectivity index (χ2n) is 6.52. The van der Waals surface area contributed by atoms with Crippen LogP contribution in [0.15, 0.2) is 32.2 Å². The van der Waals surface area contributed by atoms with Crippen molar-refractivity contribution in [3.63, 3.8) is 0 Å². The zero-order chi connectivity index (χ0) is 24.4. The monoisotopic (exact) mass is 549 g/mol. The number of carboxylic acid groups (broad SMARTS) is 1. The van der Waals surface area contributed by atoms with Crippen molar-refractivity contribution in [3.05, 3.63) is 28.5 Å². The zero-order valence-corrected chi connectivity index (χ0v) is 19.8. The number of thiazole rings is 1. The Morgan fingerprint density at radius 1 is 1.47 bits per heavy atom. The number of anilines is 1. The molecule has 2 aliphatic heterocycles. The van der Waals surface area contributed by atoms with E-state index < -0.39 is 41.5 Å². The average molecular weight is 550 g/mol. The number of alkyl halides is 2. The van der Waals surface area contributed by atoms with Gasteiger partial charge in [-0.2, -0.15) is 8.78 Å². The minimum Gasteiger partial charge on any atom is -0.477 e. The summed E-state index contributed by atoms with van der Waals surface area (Å²) in [6.45, 7) is -3.28. The number of halogens is 2. The molecule has 2 atom stereocenters. The topological polar surface area (TPSA) is 173 Å². The number of aliphatic carboxylic acids is 1. The van der Waals surface area contributed by atoms with Crippen molar-refractivity contribution < 1.29 is 33.1 Å². The lowest BCUT2D eigenvalue weighted by molar-refractivity contribution is -0.150. The number of nitrogens with two attached hydrogens (primary N) is 1. The van der Waals surface area contributed by atoms with Gasteiger partial charge in [0, 0.05) is 16.9 Å². The van der Waals surface area contributed by atoms with Gasteiger partial charge in [0.05, 0.1) is 6.20 Å². The molecule has 0 radical (unpaired) electrons. The molecule has 12 nitrogen and oxygen atoms in total. The predicted octanol–water partition coefficient (Wildman–Crippen LogP) is 1.05. The summed E-state index contributed by atoms with van der Waals surface area (Å²) in [7, 11) is 0. The molecule has 1 fully saturated rings. The molecule has 0 spiro atoms. The molecule has 1 saturated heterocycles. The number of carbonyl (C=O) groups is 3. The lowest BCUT2D eigenvalue weighted by Crippen LogP contribution is -2.71.